The maximum Gasteiger partial charge on any atom is 0.259 e. The van der Waals surface area contributed by atoms with Gasteiger partial charge >= 0.3 is 0 Å². The monoisotopic (exact) mass is 413 g/mol. The molecule has 0 radical (unpaired) electrons. The minimum absolute atomic E-state index is 0.160. The van der Waals surface area contributed by atoms with Crippen LogP contribution in [-0.4, -0.2) is 16.8 Å². The van der Waals surface area contributed by atoms with E-state index in [9.17, 15) is 14.0 Å². The van der Waals surface area contributed by atoms with Crippen LogP contribution < -0.4 is 10.6 Å². The maximum atomic E-state index is 13.7. The number of nitrogens with zero attached hydrogens (tertiary/aromatic N) is 1. The molecule has 0 bridgehead atoms. The van der Waals surface area contributed by atoms with E-state index in [1.807, 2.05) is 49.5 Å². The minimum atomic E-state index is -0.412. The minimum Gasteiger partial charge on any atom is -0.369 e. The molecule has 0 aliphatic carbocycles. The molecular formula is C25H20FN3O2. The Hall–Kier alpha value is -3.93. The summed E-state index contributed by atoms with van der Waals surface area (Å²) in [5.74, 6) is -0.992. The number of amides is 2. The molecule has 0 unspecified atom stereocenters. The van der Waals surface area contributed by atoms with Gasteiger partial charge in [-0.2, -0.15) is 0 Å². The number of carbonyl (C=O) groups is 2. The van der Waals surface area contributed by atoms with Gasteiger partial charge in [-0.1, -0.05) is 30.3 Å². The van der Waals surface area contributed by atoms with E-state index in [1.165, 1.54) is 12.1 Å². The number of aromatic nitrogens is 1. The molecule has 5 nitrogen and oxygen atoms in total. The van der Waals surface area contributed by atoms with Crippen molar-refractivity contribution >= 4 is 28.4 Å². The molecule has 3 aromatic carbocycles. The molecule has 2 amide bonds. The molecule has 0 saturated carbocycles. The number of anilines is 1. The molecule has 5 rings (SSSR count). The van der Waals surface area contributed by atoms with Crippen molar-refractivity contribution in [1.82, 2.24) is 4.98 Å². The number of aromatic amines is 1. The van der Waals surface area contributed by atoms with Crippen LogP contribution >= 0.6 is 0 Å². The van der Waals surface area contributed by atoms with Crippen molar-refractivity contribution in [3.8, 4) is 11.1 Å². The lowest BCUT2D eigenvalue weighted by Crippen LogP contribution is -2.24. The first-order chi connectivity index (χ1) is 14.9. The van der Waals surface area contributed by atoms with E-state index in [1.54, 1.807) is 11.0 Å². The van der Waals surface area contributed by atoms with Crippen LogP contribution in [0.15, 0.2) is 60.8 Å². The molecule has 154 valence electrons. The normalized spacial score (nSPS) is 13.1. The summed E-state index contributed by atoms with van der Waals surface area (Å²) < 4.78 is 13.7. The number of carbonyl (C=O) groups excluding carboxylic acids is 2. The van der Waals surface area contributed by atoms with E-state index in [0.717, 1.165) is 44.4 Å². The van der Waals surface area contributed by atoms with Crippen molar-refractivity contribution in [3.63, 3.8) is 0 Å². The van der Waals surface area contributed by atoms with Crippen molar-refractivity contribution < 1.29 is 14.0 Å². The first kappa shape index (κ1) is 19.1. The number of hydrogen-bond acceptors (Lipinski definition) is 2. The third-order valence-electron chi connectivity index (χ3n) is 5.94. The van der Waals surface area contributed by atoms with Crippen molar-refractivity contribution in [3.05, 3.63) is 88.9 Å². The van der Waals surface area contributed by atoms with Gasteiger partial charge in [-0.15, -0.1) is 0 Å². The van der Waals surface area contributed by atoms with E-state index >= 15 is 0 Å². The SMILES string of the molecule is Cc1c(-c2ccc(CC(N)=O)c3[nH]ccc23)cccc1N1Cc2ccc(F)cc2C1=O. The van der Waals surface area contributed by atoms with E-state index in [4.69, 9.17) is 5.73 Å². The largest absolute Gasteiger partial charge is 0.369 e. The molecule has 6 heteroatoms. The third kappa shape index (κ3) is 3.08. The first-order valence-electron chi connectivity index (χ1n) is 10.0. The standard InChI is InChI=1S/C25H20FN3O2/c1-14-18(19-8-6-15(11-23(27)30)24-20(19)9-10-28-24)3-2-4-22(14)29-13-16-5-7-17(26)12-21(16)25(29)31/h2-10,12,28H,11,13H2,1H3,(H2,27,30). The van der Waals surface area contributed by atoms with Gasteiger partial charge in [-0.3, -0.25) is 9.59 Å². The summed E-state index contributed by atoms with van der Waals surface area (Å²) >= 11 is 0. The van der Waals surface area contributed by atoms with E-state index in [0.29, 0.717) is 12.1 Å². The number of hydrogen-bond donors (Lipinski definition) is 2. The summed E-state index contributed by atoms with van der Waals surface area (Å²) in [5.41, 5.74) is 12.1. The van der Waals surface area contributed by atoms with Crippen molar-refractivity contribution in [2.75, 3.05) is 4.90 Å². The van der Waals surface area contributed by atoms with Gasteiger partial charge in [-0.25, -0.2) is 4.39 Å². The maximum absolute atomic E-state index is 13.7. The summed E-state index contributed by atoms with van der Waals surface area (Å²) in [6, 6.07) is 16.1. The number of primary amides is 1. The van der Waals surface area contributed by atoms with Crippen LogP contribution in [0.25, 0.3) is 22.0 Å². The molecule has 0 atom stereocenters. The summed E-state index contributed by atoms with van der Waals surface area (Å²) in [4.78, 5) is 29.3. The van der Waals surface area contributed by atoms with Crippen LogP contribution in [0.4, 0.5) is 10.1 Å². The topological polar surface area (TPSA) is 79.2 Å². The van der Waals surface area contributed by atoms with E-state index in [-0.39, 0.29) is 18.2 Å². The molecule has 2 heterocycles. The lowest BCUT2D eigenvalue weighted by molar-refractivity contribution is -0.117. The van der Waals surface area contributed by atoms with Gasteiger partial charge in [0.05, 0.1) is 13.0 Å². The Morgan fingerprint density at radius 1 is 1.10 bits per heavy atom. The van der Waals surface area contributed by atoms with Gasteiger partial charge in [0.15, 0.2) is 0 Å². The van der Waals surface area contributed by atoms with Crippen LogP contribution in [0.3, 0.4) is 0 Å². The molecule has 1 aliphatic heterocycles. The number of nitrogens with two attached hydrogens (primary N) is 1. The van der Waals surface area contributed by atoms with Gasteiger partial charge in [0.25, 0.3) is 5.91 Å². The molecule has 0 saturated heterocycles. The highest BCUT2D eigenvalue weighted by Crippen LogP contribution is 2.38. The van der Waals surface area contributed by atoms with E-state index < -0.39 is 5.82 Å². The molecule has 4 aromatic rings. The van der Waals surface area contributed by atoms with Crippen LogP contribution in [0.2, 0.25) is 0 Å². The molecule has 0 fully saturated rings. The molecule has 0 spiro atoms. The number of nitrogens with one attached hydrogen (secondary N) is 1. The molecule has 1 aromatic heterocycles. The van der Waals surface area contributed by atoms with Gasteiger partial charge in [-0.05, 0) is 59.0 Å². The Morgan fingerprint density at radius 2 is 1.94 bits per heavy atom. The molecule has 31 heavy (non-hydrogen) atoms. The summed E-state index contributed by atoms with van der Waals surface area (Å²) in [6.45, 7) is 2.40. The zero-order valence-corrected chi connectivity index (χ0v) is 16.9. The van der Waals surface area contributed by atoms with Crippen molar-refractivity contribution in [2.45, 2.75) is 19.9 Å². The second-order valence-electron chi connectivity index (χ2n) is 7.82. The second-order valence-corrected chi connectivity index (χ2v) is 7.82. The predicted octanol–water partition coefficient (Wildman–Crippen LogP) is 4.47. The van der Waals surface area contributed by atoms with Gasteiger partial charge in [0.2, 0.25) is 5.91 Å². The zero-order chi connectivity index (χ0) is 21.7. The summed E-state index contributed by atoms with van der Waals surface area (Å²) in [5, 5.41) is 0.983. The van der Waals surface area contributed by atoms with Gasteiger partial charge in [0.1, 0.15) is 5.82 Å². The highest BCUT2D eigenvalue weighted by molar-refractivity contribution is 6.11. The first-order valence-corrected chi connectivity index (χ1v) is 10.0. The average molecular weight is 413 g/mol. The Labute approximate surface area is 178 Å². The third-order valence-corrected chi connectivity index (χ3v) is 5.94. The Balaban J connectivity index is 1.60. The summed E-state index contributed by atoms with van der Waals surface area (Å²) in [6.07, 6.45) is 2.00. The van der Waals surface area contributed by atoms with Crippen molar-refractivity contribution in [1.29, 1.82) is 0 Å². The number of benzene rings is 3. The van der Waals surface area contributed by atoms with Crippen LogP contribution in [0.5, 0.6) is 0 Å². The zero-order valence-electron chi connectivity index (χ0n) is 16.9. The van der Waals surface area contributed by atoms with Gasteiger partial charge < -0.3 is 15.6 Å². The lowest BCUT2D eigenvalue weighted by Gasteiger charge is -2.21. The highest BCUT2D eigenvalue weighted by atomic mass is 19.1. The Kier molecular flexibility index (Phi) is 4.36. The van der Waals surface area contributed by atoms with Crippen LogP contribution in [0, 0.1) is 12.7 Å². The van der Waals surface area contributed by atoms with E-state index in [2.05, 4.69) is 4.98 Å². The number of fused-ring (bicyclic) bond motifs is 2. The molecule has 1 aliphatic rings. The van der Waals surface area contributed by atoms with Gasteiger partial charge in [0, 0.05) is 28.4 Å². The summed E-state index contributed by atoms with van der Waals surface area (Å²) in [7, 11) is 0. The number of halogens is 1. The number of H-pyrrole nitrogens is 1. The smallest absolute Gasteiger partial charge is 0.259 e. The predicted molar refractivity (Wildman–Crippen MR) is 118 cm³/mol. The molecule has 3 N–H and O–H groups in total. The van der Waals surface area contributed by atoms with Crippen LogP contribution in [0.1, 0.15) is 27.0 Å². The Morgan fingerprint density at radius 3 is 2.74 bits per heavy atom. The number of rotatable bonds is 4. The average Bonchev–Trinajstić information content (AvgIpc) is 3.34. The quantitative estimate of drug-likeness (QED) is 0.518. The lowest BCUT2D eigenvalue weighted by atomic mass is 9.94. The van der Waals surface area contributed by atoms with Crippen LogP contribution in [-0.2, 0) is 17.8 Å². The fourth-order valence-corrected chi connectivity index (χ4v) is 4.46. The van der Waals surface area contributed by atoms with Crippen molar-refractivity contribution in [2.24, 2.45) is 5.73 Å². The fourth-order valence-electron chi connectivity index (χ4n) is 4.46. The highest BCUT2D eigenvalue weighted by Gasteiger charge is 2.30. The molecular weight excluding hydrogens is 393 g/mol. The Bertz CT molecular complexity index is 1370. The second kappa shape index (κ2) is 7.09. The fraction of sp³-hybridized carbons (Fsp3) is 0.120.